The van der Waals surface area contributed by atoms with E-state index in [0.717, 1.165) is 18.2 Å². The largest absolute Gasteiger partial charge is 0.416 e. The van der Waals surface area contributed by atoms with Crippen LogP contribution in [-0.2, 0) is 26.2 Å². The molecule has 35 heavy (non-hydrogen) atoms. The van der Waals surface area contributed by atoms with Crippen molar-refractivity contribution in [2.24, 2.45) is 0 Å². The molecule has 5 nitrogen and oxygen atoms in total. The van der Waals surface area contributed by atoms with Crippen LogP contribution in [0.2, 0.25) is 0 Å². The first-order valence-electron chi connectivity index (χ1n) is 10.7. The van der Waals surface area contributed by atoms with Gasteiger partial charge in [-0.05, 0) is 47.0 Å². The van der Waals surface area contributed by atoms with Crippen LogP contribution in [0.5, 0.6) is 0 Å². The first-order chi connectivity index (χ1) is 16.6. The fraction of sp³-hybridized carbons (Fsp3) is 0.240. The quantitative estimate of drug-likeness (QED) is 0.485. The summed E-state index contributed by atoms with van der Waals surface area (Å²) in [5.41, 5.74) is -0.504. The number of carbonyl (C=O) groups excluding carboxylic acids is 1. The third kappa shape index (κ3) is 3.97. The van der Waals surface area contributed by atoms with Crippen molar-refractivity contribution in [3.63, 3.8) is 0 Å². The van der Waals surface area contributed by atoms with Crippen LogP contribution in [-0.4, -0.2) is 17.6 Å². The summed E-state index contributed by atoms with van der Waals surface area (Å²) in [7, 11) is 0. The Morgan fingerprint density at radius 1 is 1.03 bits per heavy atom. The van der Waals surface area contributed by atoms with Crippen molar-refractivity contribution in [2.45, 2.75) is 30.6 Å². The summed E-state index contributed by atoms with van der Waals surface area (Å²) >= 11 is 0. The lowest BCUT2D eigenvalue weighted by atomic mass is 9.93. The smallest absolute Gasteiger partial charge is 0.384 e. The molecular formula is C25H18F5NO4. The van der Waals surface area contributed by atoms with Crippen LogP contribution in [0, 0.1) is 11.6 Å². The average Bonchev–Trinajstić information content (AvgIpc) is 3.10. The van der Waals surface area contributed by atoms with E-state index in [2.05, 4.69) is 5.32 Å². The number of nitrogens with one attached hydrogen (secondary N) is 1. The van der Waals surface area contributed by atoms with Crippen molar-refractivity contribution in [1.29, 1.82) is 0 Å². The van der Waals surface area contributed by atoms with Crippen molar-refractivity contribution in [1.82, 2.24) is 0 Å². The van der Waals surface area contributed by atoms with Gasteiger partial charge >= 0.3 is 6.18 Å². The Hall–Kier alpha value is -3.34. The van der Waals surface area contributed by atoms with Gasteiger partial charge in [0.1, 0.15) is 6.10 Å². The molecule has 0 aliphatic carbocycles. The Kier molecular flexibility index (Phi) is 5.62. The molecule has 2 unspecified atom stereocenters. The molecule has 1 amide bonds. The molecule has 182 valence electrons. The lowest BCUT2D eigenvalue weighted by Gasteiger charge is -2.37. The number of hydrogen-bond acceptors (Lipinski definition) is 4. The zero-order valence-electron chi connectivity index (χ0n) is 17.9. The van der Waals surface area contributed by atoms with E-state index in [-0.39, 0.29) is 29.7 Å². The van der Waals surface area contributed by atoms with Gasteiger partial charge in [-0.25, -0.2) is 8.78 Å². The molecule has 1 saturated heterocycles. The molecule has 1 fully saturated rings. The SMILES string of the molecule is O=C1Nc2ccc(C(O)c3ccccc3C(F)(F)F)cc2[C@]12OCCC(c1ccc(F)c(F)c1)O2. The van der Waals surface area contributed by atoms with Crippen molar-refractivity contribution in [3.05, 3.63) is 100 Å². The highest BCUT2D eigenvalue weighted by atomic mass is 19.4. The first kappa shape index (κ1) is 23.4. The van der Waals surface area contributed by atoms with Gasteiger partial charge in [0.05, 0.1) is 24.0 Å². The summed E-state index contributed by atoms with van der Waals surface area (Å²) in [6, 6.07) is 12.1. The van der Waals surface area contributed by atoms with E-state index in [4.69, 9.17) is 9.47 Å². The fourth-order valence-corrected chi connectivity index (χ4v) is 4.42. The van der Waals surface area contributed by atoms with E-state index >= 15 is 0 Å². The zero-order chi connectivity index (χ0) is 25.0. The fourth-order valence-electron chi connectivity index (χ4n) is 4.42. The Balaban J connectivity index is 1.53. The third-order valence-corrected chi connectivity index (χ3v) is 6.13. The Morgan fingerprint density at radius 2 is 1.80 bits per heavy atom. The summed E-state index contributed by atoms with van der Waals surface area (Å²) < 4.78 is 79.3. The van der Waals surface area contributed by atoms with E-state index in [0.29, 0.717) is 11.3 Å². The lowest BCUT2D eigenvalue weighted by molar-refractivity contribution is -0.282. The zero-order valence-corrected chi connectivity index (χ0v) is 17.9. The van der Waals surface area contributed by atoms with Gasteiger partial charge in [0.25, 0.3) is 11.7 Å². The number of fused-ring (bicyclic) bond motifs is 2. The second-order valence-corrected chi connectivity index (χ2v) is 8.28. The van der Waals surface area contributed by atoms with Crippen molar-refractivity contribution in [2.75, 3.05) is 11.9 Å². The minimum absolute atomic E-state index is 0.0280. The molecule has 2 aliphatic rings. The summed E-state index contributed by atoms with van der Waals surface area (Å²) in [5.74, 6) is -4.75. The molecule has 10 heteroatoms. The van der Waals surface area contributed by atoms with Gasteiger partial charge in [0.2, 0.25) is 0 Å². The Bertz CT molecular complexity index is 1310. The number of anilines is 1. The highest BCUT2D eigenvalue weighted by Crippen LogP contribution is 2.48. The number of hydrogen-bond donors (Lipinski definition) is 2. The molecule has 1 spiro atoms. The number of halogens is 5. The van der Waals surface area contributed by atoms with Crippen molar-refractivity contribution in [3.8, 4) is 0 Å². The molecule has 2 heterocycles. The predicted octanol–water partition coefficient (Wildman–Crippen LogP) is 5.35. The van der Waals surface area contributed by atoms with Crippen LogP contribution < -0.4 is 5.32 Å². The van der Waals surface area contributed by atoms with E-state index in [1.54, 1.807) is 0 Å². The summed E-state index contributed by atoms with van der Waals surface area (Å²) in [5, 5.41) is 13.4. The highest BCUT2D eigenvalue weighted by molar-refractivity contribution is 6.04. The molecule has 0 radical (unpaired) electrons. The summed E-state index contributed by atoms with van der Waals surface area (Å²) in [4.78, 5) is 12.9. The monoisotopic (exact) mass is 491 g/mol. The molecule has 0 bridgehead atoms. The predicted molar refractivity (Wildman–Crippen MR) is 113 cm³/mol. The third-order valence-electron chi connectivity index (χ3n) is 6.13. The van der Waals surface area contributed by atoms with Crippen LogP contribution in [0.15, 0.2) is 60.7 Å². The second-order valence-electron chi connectivity index (χ2n) is 8.28. The normalized spacial score (nSPS) is 22.7. The minimum Gasteiger partial charge on any atom is -0.384 e. The van der Waals surface area contributed by atoms with Crippen LogP contribution in [0.1, 0.15) is 46.4 Å². The molecule has 3 atom stereocenters. The molecule has 3 aromatic carbocycles. The molecule has 2 N–H and O–H groups in total. The second kappa shape index (κ2) is 8.40. The van der Waals surface area contributed by atoms with E-state index in [1.807, 2.05) is 0 Å². The maximum absolute atomic E-state index is 13.8. The van der Waals surface area contributed by atoms with Gasteiger partial charge in [0.15, 0.2) is 11.6 Å². The van der Waals surface area contributed by atoms with Crippen LogP contribution in [0.3, 0.4) is 0 Å². The van der Waals surface area contributed by atoms with E-state index in [1.165, 1.54) is 42.5 Å². The molecule has 5 rings (SSSR count). The summed E-state index contributed by atoms with van der Waals surface area (Å²) in [6.45, 7) is 0.0280. The first-order valence-corrected chi connectivity index (χ1v) is 10.7. The Morgan fingerprint density at radius 3 is 2.54 bits per heavy atom. The number of alkyl halides is 3. The topological polar surface area (TPSA) is 67.8 Å². The lowest BCUT2D eigenvalue weighted by Crippen LogP contribution is -2.44. The number of aliphatic hydroxyl groups excluding tert-OH is 1. The standard InChI is InChI=1S/C25H18F5NO4/c26-18-7-5-13(12-19(18)27)21-9-10-34-24(35-21)17-11-14(6-8-20(17)31-23(24)33)22(32)15-3-1-2-4-16(15)25(28,29)30/h1-8,11-12,21-22,32H,9-10H2,(H,31,33)/t21?,22?,24-/m1/s1. The van der Waals surface area contributed by atoms with Crippen LogP contribution in [0.25, 0.3) is 0 Å². The van der Waals surface area contributed by atoms with Crippen LogP contribution >= 0.6 is 0 Å². The minimum atomic E-state index is -4.68. The Labute approximate surface area is 196 Å². The number of aliphatic hydroxyl groups is 1. The molecular weight excluding hydrogens is 473 g/mol. The maximum Gasteiger partial charge on any atom is 0.416 e. The number of benzene rings is 3. The van der Waals surface area contributed by atoms with Gasteiger partial charge in [-0.1, -0.05) is 30.3 Å². The van der Waals surface area contributed by atoms with Gasteiger partial charge in [-0.15, -0.1) is 0 Å². The van der Waals surface area contributed by atoms with E-state index < -0.39 is 47.3 Å². The molecule has 3 aromatic rings. The molecule has 2 aliphatic heterocycles. The van der Waals surface area contributed by atoms with E-state index in [9.17, 15) is 31.9 Å². The molecule has 0 aromatic heterocycles. The van der Waals surface area contributed by atoms with Gasteiger partial charge in [-0.3, -0.25) is 4.79 Å². The average molecular weight is 491 g/mol. The van der Waals surface area contributed by atoms with Gasteiger partial charge in [-0.2, -0.15) is 13.2 Å². The summed E-state index contributed by atoms with van der Waals surface area (Å²) in [6.07, 6.45) is -6.91. The number of amides is 1. The number of ether oxygens (including phenoxy) is 2. The molecule has 0 saturated carbocycles. The van der Waals surface area contributed by atoms with Crippen molar-refractivity contribution < 1.29 is 41.3 Å². The van der Waals surface area contributed by atoms with Gasteiger partial charge in [0, 0.05) is 12.0 Å². The van der Waals surface area contributed by atoms with Crippen molar-refractivity contribution >= 4 is 11.6 Å². The van der Waals surface area contributed by atoms with Crippen LogP contribution in [0.4, 0.5) is 27.6 Å². The number of rotatable bonds is 3. The van der Waals surface area contributed by atoms with Gasteiger partial charge < -0.3 is 19.9 Å². The maximum atomic E-state index is 13.8. The highest BCUT2D eigenvalue weighted by Gasteiger charge is 2.53. The number of carbonyl (C=O) groups is 1.